The van der Waals surface area contributed by atoms with Gasteiger partial charge in [-0.1, -0.05) is 13.8 Å². The maximum absolute atomic E-state index is 13.0. The second kappa shape index (κ2) is 4.02. The fourth-order valence-electron chi connectivity index (χ4n) is 2.15. The lowest BCUT2D eigenvalue weighted by Gasteiger charge is -2.20. The lowest BCUT2D eigenvalue weighted by atomic mass is 9.93. The van der Waals surface area contributed by atoms with Crippen molar-refractivity contribution in [3.05, 3.63) is 29.6 Å². The quantitative estimate of drug-likeness (QED) is 0.760. The number of anilines is 1. The lowest BCUT2D eigenvalue weighted by molar-refractivity contribution is 0.0778. The Hall–Kier alpha value is -1.58. The van der Waals surface area contributed by atoms with Crippen molar-refractivity contribution in [3.8, 4) is 0 Å². The molecule has 1 aromatic carbocycles. The molecule has 1 fully saturated rings. The van der Waals surface area contributed by atoms with Crippen molar-refractivity contribution in [1.82, 2.24) is 4.90 Å². The van der Waals surface area contributed by atoms with E-state index in [1.165, 1.54) is 18.2 Å². The van der Waals surface area contributed by atoms with Gasteiger partial charge in [-0.15, -0.1) is 0 Å². The zero-order valence-electron chi connectivity index (χ0n) is 10.2. The van der Waals surface area contributed by atoms with Gasteiger partial charge in [0, 0.05) is 18.7 Å². The van der Waals surface area contributed by atoms with Crippen molar-refractivity contribution >= 4 is 11.6 Å². The van der Waals surface area contributed by atoms with E-state index in [0.29, 0.717) is 5.56 Å². The number of carbonyl (C=O) groups is 1. The van der Waals surface area contributed by atoms with Crippen LogP contribution in [-0.4, -0.2) is 23.9 Å². The van der Waals surface area contributed by atoms with Gasteiger partial charge in [-0.05, 0) is 30.0 Å². The number of carbonyl (C=O) groups excluding carboxylic acids is 1. The molecule has 0 saturated carbocycles. The predicted octanol–water partition coefficient (Wildman–Crippen LogP) is 2.28. The van der Waals surface area contributed by atoms with Crippen LogP contribution in [0, 0.1) is 11.2 Å². The molecule has 1 aliphatic heterocycles. The first-order valence-electron chi connectivity index (χ1n) is 5.73. The Kier molecular flexibility index (Phi) is 2.81. The molecule has 1 aliphatic rings. The molecule has 2 rings (SSSR count). The normalized spacial score (nSPS) is 18.4. The molecule has 4 heteroatoms. The van der Waals surface area contributed by atoms with Gasteiger partial charge >= 0.3 is 0 Å². The van der Waals surface area contributed by atoms with Crippen LogP contribution in [0.2, 0.25) is 0 Å². The van der Waals surface area contributed by atoms with Crippen molar-refractivity contribution in [2.24, 2.45) is 5.41 Å². The van der Waals surface area contributed by atoms with E-state index in [4.69, 9.17) is 5.73 Å². The number of hydrogen-bond donors (Lipinski definition) is 1. The smallest absolute Gasteiger partial charge is 0.253 e. The van der Waals surface area contributed by atoms with Crippen LogP contribution < -0.4 is 5.73 Å². The average Bonchev–Trinajstić information content (AvgIpc) is 2.62. The highest BCUT2D eigenvalue weighted by atomic mass is 19.1. The summed E-state index contributed by atoms with van der Waals surface area (Å²) in [5.41, 5.74) is 6.11. The zero-order chi connectivity index (χ0) is 12.6. The van der Waals surface area contributed by atoms with E-state index in [-0.39, 0.29) is 17.0 Å². The van der Waals surface area contributed by atoms with Gasteiger partial charge in [0.2, 0.25) is 0 Å². The van der Waals surface area contributed by atoms with E-state index in [1.54, 1.807) is 4.90 Å². The molecule has 0 bridgehead atoms. The van der Waals surface area contributed by atoms with Crippen molar-refractivity contribution in [3.63, 3.8) is 0 Å². The van der Waals surface area contributed by atoms with Crippen molar-refractivity contribution in [1.29, 1.82) is 0 Å². The summed E-state index contributed by atoms with van der Waals surface area (Å²) in [6.45, 7) is 5.77. The summed E-state index contributed by atoms with van der Waals surface area (Å²) >= 11 is 0. The molecule has 1 amide bonds. The first-order valence-corrected chi connectivity index (χ1v) is 5.73. The fourth-order valence-corrected chi connectivity index (χ4v) is 2.15. The van der Waals surface area contributed by atoms with Crippen LogP contribution >= 0.6 is 0 Å². The summed E-state index contributed by atoms with van der Waals surface area (Å²) in [7, 11) is 0. The van der Waals surface area contributed by atoms with Crippen LogP contribution in [0.1, 0.15) is 30.6 Å². The Labute approximate surface area is 100 Å². The van der Waals surface area contributed by atoms with Crippen molar-refractivity contribution < 1.29 is 9.18 Å². The van der Waals surface area contributed by atoms with Crippen LogP contribution in [0.4, 0.5) is 10.1 Å². The molecule has 3 nitrogen and oxygen atoms in total. The molecule has 1 saturated heterocycles. The van der Waals surface area contributed by atoms with Crippen LogP contribution in [0.5, 0.6) is 0 Å². The molecule has 17 heavy (non-hydrogen) atoms. The maximum Gasteiger partial charge on any atom is 0.253 e. The van der Waals surface area contributed by atoms with Crippen molar-refractivity contribution in [2.75, 3.05) is 18.8 Å². The number of likely N-dealkylation sites (tertiary alicyclic amines) is 1. The number of nitrogens with two attached hydrogens (primary N) is 1. The second-order valence-corrected chi connectivity index (χ2v) is 5.38. The number of hydrogen-bond acceptors (Lipinski definition) is 2. The van der Waals surface area contributed by atoms with Gasteiger partial charge in [-0.3, -0.25) is 4.79 Å². The molecule has 0 atom stereocenters. The first-order chi connectivity index (χ1) is 7.89. The Morgan fingerprint density at radius 1 is 1.47 bits per heavy atom. The zero-order valence-corrected chi connectivity index (χ0v) is 10.2. The Balaban J connectivity index is 2.18. The minimum atomic E-state index is -0.483. The Morgan fingerprint density at radius 3 is 2.71 bits per heavy atom. The molecule has 0 unspecified atom stereocenters. The van der Waals surface area contributed by atoms with E-state index >= 15 is 0 Å². The number of halogens is 1. The number of amides is 1. The third-order valence-corrected chi connectivity index (χ3v) is 3.21. The minimum Gasteiger partial charge on any atom is -0.396 e. The van der Waals surface area contributed by atoms with E-state index in [0.717, 1.165) is 19.5 Å². The number of benzene rings is 1. The van der Waals surface area contributed by atoms with Crippen molar-refractivity contribution in [2.45, 2.75) is 20.3 Å². The van der Waals surface area contributed by atoms with E-state index < -0.39 is 5.82 Å². The monoisotopic (exact) mass is 236 g/mol. The molecule has 1 aromatic rings. The minimum absolute atomic E-state index is 0.0225. The van der Waals surface area contributed by atoms with Gasteiger partial charge in [-0.25, -0.2) is 4.39 Å². The molecule has 1 heterocycles. The highest BCUT2D eigenvalue weighted by Crippen LogP contribution is 2.30. The molecule has 2 N–H and O–H groups in total. The van der Waals surface area contributed by atoms with E-state index in [2.05, 4.69) is 13.8 Å². The van der Waals surface area contributed by atoms with Gasteiger partial charge < -0.3 is 10.6 Å². The summed E-state index contributed by atoms with van der Waals surface area (Å²) in [6.07, 6.45) is 0.995. The topological polar surface area (TPSA) is 46.3 Å². The summed E-state index contributed by atoms with van der Waals surface area (Å²) < 4.78 is 13.0. The number of nitrogen functional groups attached to an aromatic ring is 1. The molecule has 0 radical (unpaired) electrons. The summed E-state index contributed by atoms with van der Waals surface area (Å²) in [4.78, 5) is 13.9. The molecule has 0 aliphatic carbocycles. The predicted molar refractivity (Wildman–Crippen MR) is 65.1 cm³/mol. The molecule has 0 aromatic heterocycles. The van der Waals surface area contributed by atoms with Gasteiger partial charge in [0.05, 0.1) is 5.69 Å². The summed E-state index contributed by atoms with van der Waals surface area (Å²) in [5, 5.41) is 0. The highest BCUT2D eigenvalue weighted by Gasteiger charge is 2.32. The third kappa shape index (κ3) is 2.40. The third-order valence-electron chi connectivity index (χ3n) is 3.21. The van der Waals surface area contributed by atoms with Crippen LogP contribution in [-0.2, 0) is 0 Å². The maximum atomic E-state index is 13.0. The second-order valence-electron chi connectivity index (χ2n) is 5.38. The highest BCUT2D eigenvalue weighted by molar-refractivity contribution is 5.95. The van der Waals surface area contributed by atoms with Crippen LogP contribution in [0.15, 0.2) is 18.2 Å². The Bertz CT molecular complexity index is 457. The molecular weight excluding hydrogens is 219 g/mol. The average molecular weight is 236 g/mol. The summed E-state index contributed by atoms with van der Waals surface area (Å²) in [6, 6.07) is 4.13. The summed E-state index contributed by atoms with van der Waals surface area (Å²) in [5.74, 6) is -0.550. The SMILES string of the molecule is CC1(C)CCN(C(=O)c2ccc(F)c(N)c2)C1. The largest absolute Gasteiger partial charge is 0.396 e. The lowest BCUT2D eigenvalue weighted by Crippen LogP contribution is -2.30. The van der Waals surface area contributed by atoms with Gasteiger partial charge in [-0.2, -0.15) is 0 Å². The molecular formula is C13H17FN2O. The van der Waals surface area contributed by atoms with E-state index in [1.807, 2.05) is 0 Å². The fraction of sp³-hybridized carbons (Fsp3) is 0.462. The van der Waals surface area contributed by atoms with Gasteiger partial charge in [0.15, 0.2) is 0 Å². The standard InChI is InChI=1S/C13H17FN2O/c1-13(2)5-6-16(8-13)12(17)9-3-4-10(14)11(15)7-9/h3-4,7H,5-6,8,15H2,1-2H3. The Morgan fingerprint density at radius 2 is 2.18 bits per heavy atom. The van der Waals surface area contributed by atoms with Crippen LogP contribution in [0.25, 0.3) is 0 Å². The van der Waals surface area contributed by atoms with Gasteiger partial charge in [0.25, 0.3) is 5.91 Å². The number of rotatable bonds is 1. The number of nitrogens with zero attached hydrogens (tertiary/aromatic N) is 1. The van der Waals surface area contributed by atoms with Crippen LogP contribution in [0.3, 0.4) is 0 Å². The molecule has 0 spiro atoms. The molecule has 92 valence electrons. The van der Waals surface area contributed by atoms with Gasteiger partial charge in [0.1, 0.15) is 5.82 Å². The first kappa shape index (κ1) is 11.9. The van der Waals surface area contributed by atoms with E-state index in [9.17, 15) is 9.18 Å².